The van der Waals surface area contributed by atoms with Gasteiger partial charge in [0.15, 0.2) is 5.65 Å². The van der Waals surface area contributed by atoms with Gasteiger partial charge in [-0.3, -0.25) is 18.9 Å². The molecule has 0 unspecified atom stereocenters. The van der Waals surface area contributed by atoms with Crippen molar-refractivity contribution in [3.8, 4) is 0 Å². The van der Waals surface area contributed by atoms with Gasteiger partial charge in [-0.2, -0.15) is 0 Å². The van der Waals surface area contributed by atoms with Crippen LogP contribution in [-0.4, -0.2) is 51.3 Å². The molecule has 29 heavy (non-hydrogen) atoms. The maximum Gasteiger partial charge on any atom is 0.414 e. The summed E-state index contributed by atoms with van der Waals surface area (Å²) in [5.74, 6) is -0.382. The van der Waals surface area contributed by atoms with Crippen molar-refractivity contribution in [2.75, 3.05) is 18.0 Å². The van der Waals surface area contributed by atoms with E-state index < -0.39 is 12.2 Å². The van der Waals surface area contributed by atoms with Gasteiger partial charge in [0, 0.05) is 24.4 Å². The van der Waals surface area contributed by atoms with Crippen LogP contribution in [0, 0.1) is 0 Å². The summed E-state index contributed by atoms with van der Waals surface area (Å²) in [7, 11) is 0. The van der Waals surface area contributed by atoms with Crippen LogP contribution in [0.2, 0.25) is 0 Å². The molecule has 9 nitrogen and oxygen atoms in total. The summed E-state index contributed by atoms with van der Waals surface area (Å²) in [6.45, 7) is 1.98. The van der Waals surface area contributed by atoms with Crippen LogP contribution in [-0.2, 0) is 9.53 Å². The fraction of sp³-hybridized carbons (Fsp3) is 0.211. The van der Waals surface area contributed by atoms with Crippen molar-refractivity contribution in [2.45, 2.75) is 13.0 Å². The number of anilines is 1. The van der Waals surface area contributed by atoms with Gasteiger partial charge in [-0.05, 0) is 40.2 Å². The topological polar surface area (TPSA) is 106 Å². The largest absolute Gasteiger partial charge is 0.442 e. The Morgan fingerprint density at radius 1 is 1.24 bits per heavy atom. The molecule has 1 aromatic carbocycles. The molecular weight excluding hydrogens is 442 g/mol. The Balaban J connectivity index is 1.52. The van der Waals surface area contributed by atoms with Gasteiger partial charge in [0.2, 0.25) is 11.7 Å². The van der Waals surface area contributed by atoms with Crippen LogP contribution < -0.4 is 10.2 Å². The molecule has 0 bridgehead atoms. The minimum Gasteiger partial charge on any atom is -0.442 e. The molecule has 1 saturated heterocycles. The summed E-state index contributed by atoms with van der Waals surface area (Å²) in [5, 5.41) is 2.63. The molecule has 0 radical (unpaired) electrons. The molecule has 4 rings (SSSR count). The molecule has 1 aliphatic heterocycles. The van der Waals surface area contributed by atoms with E-state index in [9.17, 15) is 14.4 Å². The van der Waals surface area contributed by atoms with E-state index in [1.54, 1.807) is 41.1 Å². The Kier molecular flexibility index (Phi) is 5.01. The molecule has 148 valence electrons. The lowest BCUT2D eigenvalue weighted by atomic mass is 10.1. The normalized spacial score (nSPS) is 16.1. The smallest absolute Gasteiger partial charge is 0.414 e. The van der Waals surface area contributed by atoms with E-state index in [2.05, 4.69) is 31.2 Å². The summed E-state index contributed by atoms with van der Waals surface area (Å²) in [5.41, 5.74) is 2.05. The second-order valence-corrected chi connectivity index (χ2v) is 7.32. The molecule has 2 aromatic heterocycles. The number of ether oxygens (including phenoxy) is 1. The minimum absolute atomic E-state index is 0.183. The fourth-order valence-electron chi connectivity index (χ4n) is 3.07. The summed E-state index contributed by atoms with van der Waals surface area (Å²) >= 11 is 3.29. The lowest BCUT2D eigenvalue weighted by Crippen LogP contribution is -2.33. The standard InChI is InChI=1S/C19H16BrN5O4/c1-11(26)21-6-14-9-24(19(28)29-14)13-4-2-12(3-5-13)18(27)15-7-23-17-8-22-16(20)10-25(15)17/h2-5,7-8,10,14H,6,9H2,1H3,(H,21,26)/t14-/m0/s1. The first-order valence-electron chi connectivity index (χ1n) is 8.78. The van der Waals surface area contributed by atoms with Crippen LogP contribution in [0.4, 0.5) is 10.5 Å². The second-order valence-electron chi connectivity index (χ2n) is 6.51. The quantitative estimate of drug-likeness (QED) is 0.588. The maximum absolute atomic E-state index is 12.9. The van der Waals surface area contributed by atoms with Gasteiger partial charge in [-0.15, -0.1) is 0 Å². The van der Waals surface area contributed by atoms with Crippen molar-refractivity contribution < 1.29 is 19.1 Å². The summed E-state index contributed by atoms with van der Waals surface area (Å²) in [6.07, 6.45) is 3.85. The Morgan fingerprint density at radius 3 is 2.72 bits per heavy atom. The molecule has 1 atom stereocenters. The Hall–Kier alpha value is -3.27. The van der Waals surface area contributed by atoms with Crippen molar-refractivity contribution in [1.29, 1.82) is 0 Å². The van der Waals surface area contributed by atoms with Crippen LogP contribution >= 0.6 is 15.9 Å². The van der Waals surface area contributed by atoms with E-state index in [4.69, 9.17) is 4.74 Å². The summed E-state index contributed by atoms with van der Waals surface area (Å²) < 4.78 is 7.51. The average molecular weight is 458 g/mol. The molecule has 3 aromatic rings. The maximum atomic E-state index is 12.9. The number of rotatable bonds is 5. The Bertz CT molecular complexity index is 1110. The molecule has 2 amide bonds. The third kappa shape index (κ3) is 3.83. The van der Waals surface area contributed by atoms with E-state index in [0.717, 1.165) is 0 Å². The van der Waals surface area contributed by atoms with Gasteiger partial charge in [-0.25, -0.2) is 14.8 Å². The lowest BCUT2D eigenvalue weighted by molar-refractivity contribution is -0.119. The monoisotopic (exact) mass is 457 g/mol. The number of carbonyl (C=O) groups is 3. The number of halogens is 1. The van der Waals surface area contributed by atoms with Gasteiger partial charge in [-0.1, -0.05) is 0 Å². The highest BCUT2D eigenvalue weighted by atomic mass is 79.9. The molecule has 3 heterocycles. The summed E-state index contributed by atoms with van der Waals surface area (Å²) in [6, 6.07) is 6.69. The number of benzene rings is 1. The number of aromatic nitrogens is 3. The number of hydrogen-bond donors (Lipinski definition) is 1. The highest BCUT2D eigenvalue weighted by Crippen LogP contribution is 2.23. The first-order valence-corrected chi connectivity index (χ1v) is 9.57. The second kappa shape index (κ2) is 7.63. The third-order valence-corrected chi connectivity index (χ3v) is 4.90. The third-order valence-electron chi connectivity index (χ3n) is 4.49. The number of nitrogens with zero attached hydrogens (tertiary/aromatic N) is 4. The first-order chi connectivity index (χ1) is 13.9. The minimum atomic E-state index is -0.487. The molecule has 1 aliphatic rings. The molecule has 0 aliphatic carbocycles. The van der Waals surface area contributed by atoms with Crippen molar-refractivity contribution in [2.24, 2.45) is 0 Å². The van der Waals surface area contributed by atoms with Crippen LogP contribution in [0.1, 0.15) is 23.0 Å². The van der Waals surface area contributed by atoms with Gasteiger partial charge in [0.25, 0.3) is 0 Å². The predicted molar refractivity (Wildman–Crippen MR) is 107 cm³/mol. The van der Waals surface area contributed by atoms with E-state index in [1.807, 2.05) is 0 Å². The van der Waals surface area contributed by atoms with E-state index >= 15 is 0 Å². The van der Waals surface area contributed by atoms with E-state index in [0.29, 0.717) is 33.7 Å². The predicted octanol–water partition coefficient (Wildman–Crippen LogP) is 2.18. The number of amides is 2. The number of fused-ring (bicyclic) bond motifs is 1. The number of hydrogen-bond acceptors (Lipinski definition) is 6. The number of carbonyl (C=O) groups excluding carboxylic acids is 3. The van der Waals surface area contributed by atoms with Gasteiger partial charge in [0.1, 0.15) is 16.4 Å². The van der Waals surface area contributed by atoms with Crippen molar-refractivity contribution in [3.05, 3.63) is 58.7 Å². The fourth-order valence-corrected chi connectivity index (χ4v) is 3.38. The number of ketones is 1. The van der Waals surface area contributed by atoms with Crippen molar-refractivity contribution >= 4 is 45.0 Å². The zero-order valence-corrected chi connectivity index (χ0v) is 16.9. The highest BCUT2D eigenvalue weighted by molar-refractivity contribution is 9.10. The first kappa shape index (κ1) is 19.1. The van der Waals surface area contributed by atoms with Gasteiger partial charge >= 0.3 is 6.09 Å². The number of nitrogens with one attached hydrogen (secondary N) is 1. The van der Waals surface area contributed by atoms with Crippen LogP contribution in [0.25, 0.3) is 5.65 Å². The molecule has 0 spiro atoms. The van der Waals surface area contributed by atoms with Crippen LogP contribution in [0.5, 0.6) is 0 Å². The number of imidazole rings is 1. The molecule has 1 N–H and O–H groups in total. The SMILES string of the molecule is CC(=O)NC[C@H]1CN(c2ccc(C(=O)c3cnc4cnc(Br)cn34)cc2)C(=O)O1. The Morgan fingerprint density at radius 2 is 2.00 bits per heavy atom. The average Bonchev–Trinajstić information content (AvgIpc) is 3.29. The summed E-state index contributed by atoms with van der Waals surface area (Å²) in [4.78, 5) is 45.8. The van der Waals surface area contributed by atoms with Crippen molar-refractivity contribution in [1.82, 2.24) is 19.7 Å². The molecule has 0 saturated carbocycles. The number of cyclic esters (lactones) is 1. The highest BCUT2D eigenvalue weighted by Gasteiger charge is 2.32. The van der Waals surface area contributed by atoms with Gasteiger partial charge < -0.3 is 10.1 Å². The zero-order valence-electron chi connectivity index (χ0n) is 15.3. The van der Waals surface area contributed by atoms with Crippen LogP contribution in [0.3, 0.4) is 0 Å². The van der Waals surface area contributed by atoms with Gasteiger partial charge in [0.05, 0.1) is 25.5 Å². The van der Waals surface area contributed by atoms with E-state index in [-0.39, 0.29) is 18.2 Å². The molecular formula is C19H16BrN5O4. The lowest BCUT2D eigenvalue weighted by Gasteiger charge is -2.13. The zero-order chi connectivity index (χ0) is 20.5. The molecule has 1 fully saturated rings. The molecule has 10 heteroatoms. The Labute approximate surface area is 173 Å². The van der Waals surface area contributed by atoms with Crippen molar-refractivity contribution in [3.63, 3.8) is 0 Å². The van der Waals surface area contributed by atoms with Crippen LogP contribution in [0.15, 0.2) is 47.5 Å². The van der Waals surface area contributed by atoms with E-state index in [1.165, 1.54) is 18.0 Å².